The number of hydrogen-bond donors (Lipinski definition) is 1. The number of hydrogen-bond acceptors (Lipinski definition) is 4. The summed E-state index contributed by atoms with van der Waals surface area (Å²) in [7, 11) is 4.04. The van der Waals surface area contributed by atoms with Crippen molar-refractivity contribution in [2.75, 3.05) is 40.3 Å². The number of aliphatic hydroxyl groups is 1. The molecule has 0 bridgehead atoms. The van der Waals surface area contributed by atoms with Gasteiger partial charge in [0.2, 0.25) is 0 Å². The van der Waals surface area contributed by atoms with E-state index in [1.165, 1.54) is 0 Å². The Kier molecular flexibility index (Phi) is 5.02. The minimum absolute atomic E-state index is 0.0284. The summed E-state index contributed by atoms with van der Waals surface area (Å²) >= 11 is 0. The molecule has 1 amide bonds. The van der Waals surface area contributed by atoms with E-state index in [-0.39, 0.29) is 18.4 Å². The average Bonchev–Trinajstić information content (AvgIpc) is 3.23. The second kappa shape index (κ2) is 7.20. The molecule has 24 heavy (non-hydrogen) atoms. The highest BCUT2D eigenvalue weighted by Gasteiger charge is 2.35. The lowest BCUT2D eigenvalue weighted by Crippen LogP contribution is -2.30. The van der Waals surface area contributed by atoms with Gasteiger partial charge in [0.25, 0.3) is 5.91 Å². The van der Waals surface area contributed by atoms with E-state index >= 15 is 0 Å². The molecule has 0 radical (unpaired) electrons. The van der Waals surface area contributed by atoms with Crippen molar-refractivity contribution >= 4 is 5.91 Å². The van der Waals surface area contributed by atoms with Crippen molar-refractivity contribution in [3.8, 4) is 11.3 Å². The zero-order valence-corrected chi connectivity index (χ0v) is 14.2. The Bertz CT molecular complexity index is 664. The van der Waals surface area contributed by atoms with E-state index < -0.39 is 0 Å². The Morgan fingerprint density at radius 2 is 1.92 bits per heavy atom. The fourth-order valence-electron chi connectivity index (χ4n) is 3.39. The maximum absolute atomic E-state index is 12.7. The molecule has 2 atom stereocenters. The highest BCUT2D eigenvalue weighted by molar-refractivity contribution is 5.94. The van der Waals surface area contributed by atoms with Crippen LogP contribution in [0.1, 0.15) is 10.4 Å². The summed E-state index contributed by atoms with van der Waals surface area (Å²) in [6.07, 6.45) is 1.64. The molecule has 1 fully saturated rings. The fourth-order valence-corrected chi connectivity index (χ4v) is 3.39. The summed E-state index contributed by atoms with van der Waals surface area (Å²) in [5.41, 5.74) is 1.63. The van der Waals surface area contributed by atoms with Gasteiger partial charge in [-0.1, -0.05) is 12.1 Å². The van der Waals surface area contributed by atoms with E-state index in [2.05, 4.69) is 4.90 Å². The number of rotatable bonds is 5. The summed E-state index contributed by atoms with van der Waals surface area (Å²) < 4.78 is 5.37. The molecule has 0 spiro atoms. The van der Waals surface area contributed by atoms with Crippen molar-refractivity contribution in [2.45, 2.75) is 0 Å². The Balaban J connectivity index is 1.70. The van der Waals surface area contributed by atoms with Crippen LogP contribution in [0.3, 0.4) is 0 Å². The minimum Gasteiger partial charge on any atom is -0.464 e. The predicted octanol–water partition coefficient (Wildman–Crippen LogP) is 2.19. The summed E-state index contributed by atoms with van der Waals surface area (Å²) in [5, 5.41) is 9.59. The second-order valence-corrected chi connectivity index (χ2v) is 6.73. The van der Waals surface area contributed by atoms with Crippen molar-refractivity contribution < 1.29 is 14.3 Å². The predicted molar refractivity (Wildman–Crippen MR) is 92.7 cm³/mol. The smallest absolute Gasteiger partial charge is 0.253 e. The molecule has 0 saturated carbocycles. The average molecular weight is 328 g/mol. The standard InChI is InChI=1S/C19H24N2O3/c1-20(2)10-16-11-21(12-17(16)13-22)19(23)15-7-5-14(6-8-15)18-4-3-9-24-18/h3-9,16-17,22H,10-13H2,1-2H3. The van der Waals surface area contributed by atoms with Crippen molar-refractivity contribution in [1.82, 2.24) is 9.80 Å². The van der Waals surface area contributed by atoms with Crippen LogP contribution < -0.4 is 0 Å². The fraction of sp³-hybridized carbons (Fsp3) is 0.421. The van der Waals surface area contributed by atoms with Crippen LogP contribution in [0.25, 0.3) is 11.3 Å². The molecule has 5 nitrogen and oxygen atoms in total. The summed E-state index contributed by atoms with van der Waals surface area (Å²) in [6, 6.07) is 11.2. The molecule has 1 aromatic carbocycles. The van der Waals surface area contributed by atoms with E-state index in [0.717, 1.165) is 17.9 Å². The van der Waals surface area contributed by atoms with Crippen molar-refractivity contribution in [2.24, 2.45) is 11.8 Å². The van der Waals surface area contributed by atoms with E-state index in [1.54, 1.807) is 6.26 Å². The van der Waals surface area contributed by atoms with Crippen molar-refractivity contribution in [3.05, 3.63) is 48.2 Å². The van der Waals surface area contributed by atoms with Gasteiger partial charge in [0.05, 0.1) is 6.26 Å². The van der Waals surface area contributed by atoms with Gasteiger partial charge >= 0.3 is 0 Å². The quantitative estimate of drug-likeness (QED) is 0.914. The highest BCUT2D eigenvalue weighted by atomic mass is 16.3. The number of nitrogens with zero attached hydrogens (tertiary/aromatic N) is 2. The Labute approximate surface area is 142 Å². The molecular weight excluding hydrogens is 304 g/mol. The zero-order valence-electron chi connectivity index (χ0n) is 14.2. The third-order valence-electron chi connectivity index (χ3n) is 4.64. The lowest BCUT2D eigenvalue weighted by Gasteiger charge is -2.20. The molecular formula is C19H24N2O3. The number of carbonyl (C=O) groups excluding carboxylic acids is 1. The normalized spacial score (nSPS) is 20.8. The van der Waals surface area contributed by atoms with Crippen LogP contribution in [0.4, 0.5) is 0 Å². The molecule has 2 heterocycles. The Morgan fingerprint density at radius 1 is 1.21 bits per heavy atom. The Hall–Kier alpha value is -2.11. The molecule has 1 aromatic heterocycles. The van der Waals surface area contributed by atoms with Gasteiger partial charge < -0.3 is 19.3 Å². The first-order chi connectivity index (χ1) is 11.6. The molecule has 1 N–H and O–H groups in total. The van der Waals surface area contributed by atoms with Gasteiger partial charge in [0.1, 0.15) is 5.76 Å². The molecule has 0 aliphatic carbocycles. The number of amides is 1. The molecule has 1 aliphatic rings. The van der Waals surface area contributed by atoms with E-state index in [1.807, 2.05) is 55.4 Å². The first-order valence-corrected chi connectivity index (χ1v) is 8.27. The van der Waals surface area contributed by atoms with Crippen molar-refractivity contribution in [1.29, 1.82) is 0 Å². The molecule has 2 aromatic rings. The number of carbonyl (C=O) groups is 1. The monoisotopic (exact) mass is 328 g/mol. The molecule has 5 heteroatoms. The van der Waals surface area contributed by atoms with E-state index in [0.29, 0.717) is 24.6 Å². The van der Waals surface area contributed by atoms with Crippen LogP contribution in [0.15, 0.2) is 47.1 Å². The summed E-state index contributed by atoms with van der Waals surface area (Å²) in [5.74, 6) is 1.29. The topological polar surface area (TPSA) is 56.9 Å². The lowest BCUT2D eigenvalue weighted by molar-refractivity contribution is 0.0779. The molecule has 2 unspecified atom stereocenters. The first kappa shape index (κ1) is 16.7. The number of likely N-dealkylation sites (tertiary alicyclic amines) is 1. The minimum atomic E-state index is 0.0284. The third kappa shape index (κ3) is 3.52. The van der Waals surface area contributed by atoms with Gasteiger partial charge in [-0.25, -0.2) is 0 Å². The van der Waals surface area contributed by atoms with Crippen LogP contribution in [0.2, 0.25) is 0 Å². The van der Waals surface area contributed by atoms with Gasteiger partial charge in [-0.2, -0.15) is 0 Å². The zero-order chi connectivity index (χ0) is 17.1. The maximum atomic E-state index is 12.7. The van der Waals surface area contributed by atoms with E-state index in [4.69, 9.17) is 4.42 Å². The van der Waals surface area contributed by atoms with E-state index in [9.17, 15) is 9.90 Å². The van der Waals surface area contributed by atoms with Gasteiger partial charge in [-0.05, 0) is 44.3 Å². The highest BCUT2D eigenvalue weighted by Crippen LogP contribution is 2.26. The van der Waals surface area contributed by atoms with Gasteiger partial charge in [0.15, 0.2) is 0 Å². The number of furan rings is 1. The van der Waals surface area contributed by atoms with Crippen molar-refractivity contribution in [3.63, 3.8) is 0 Å². The Morgan fingerprint density at radius 3 is 2.50 bits per heavy atom. The molecule has 128 valence electrons. The van der Waals surface area contributed by atoms with Gasteiger partial charge in [0, 0.05) is 43.3 Å². The SMILES string of the molecule is CN(C)CC1CN(C(=O)c2ccc(-c3ccco3)cc2)CC1CO. The summed E-state index contributed by atoms with van der Waals surface area (Å²) in [4.78, 5) is 16.7. The van der Waals surface area contributed by atoms with Gasteiger partial charge in [-0.3, -0.25) is 4.79 Å². The maximum Gasteiger partial charge on any atom is 0.253 e. The van der Waals surface area contributed by atoms with Gasteiger partial charge in [-0.15, -0.1) is 0 Å². The van der Waals surface area contributed by atoms with Crippen LogP contribution in [-0.2, 0) is 0 Å². The third-order valence-corrected chi connectivity index (χ3v) is 4.64. The second-order valence-electron chi connectivity index (χ2n) is 6.73. The van der Waals surface area contributed by atoms with Crippen LogP contribution >= 0.6 is 0 Å². The lowest BCUT2D eigenvalue weighted by atomic mass is 9.97. The largest absolute Gasteiger partial charge is 0.464 e. The molecule has 1 aliphatic heterocycles. The first-order valence-electron chi connectivity index (χ1n) is 8.27. The number of aliphatic hydroxyl groups excluding tert-OH is 1. The number of benzene rings is 1. The van der Waals surface area contributed by atoms with Crippen LogP contribution in [0, 0.1) is 11.8 Å². The molecule has 1 saturated heterocycles. The molecule has 3 rings (SSSR count). The summed E-state index contributed by atoms with van der Waals surface area (Å²) in [6.45, 7) is 2.32. The van der Waals surface area contributed by atoms with Crippen LogP contribution in [-0.4, -0.2) is 61.2 Å². The van der Waals surface area contributed by atoms with Crippen LogP contribution in [0.5, 0.6) is 0 Å².